The molecule has 0 saturated heterocycles. The van der Waals surface area contributed by atoms with Crippen molar-refractivity contribution < 1.29 is 14.4 Å². The van der Waals surface area contributed by atoms with Crippen molar-refractivity contribution in [3.63, 3.8) is 0 Å². The van der Waals surface area contributed by atoms with Gasteiger partial charge in [0.15, 0.2) is 5.78 Å². The number of hydrogen-bond acceptors (Lipinski definition) is 3. The van der Waals surface area contributed by atoms with Crippen LogP contribution in [0.1, 0.15) is 27.2 Å². The second-order valence-corrected chi connectivity index (χ2v) is 3.62. The predicted octanol–water partition coefficient (Wildman–Crippen LogP) is 1.23. The highest BCUT2D eigenvalue weighted by Gasteiger charge is 2.25. The molecule has 0 spiro atoms. The van der Waals surface area contributed by atoms with Crippen LogP contribution in [-0.4, -0.2) is 18.3 Å². The smallest absolute Gasteiger partial charge is 0.266 e. The molecule has 0 fully saturated rings. The Labute approximate surface area is 84.3 Å². The van der Waals surface area contributed by atoms with Gasteiger partial charge >= 0.3 is 0 Å². The number of hydroxylamine groups is 1. The third-order valence-corrected chi connectivity index (χ3v) is 2.20. The Kier molecular flexibility index (Phi) is 5.09. The lowest BCUT2D eigenvalue weighted by molar-refractivity contribution is -0.140. The lowest BCUT2D eigenvalue weighted by Crippen LogP contribution is -2.32. The summed E-state index contributed by atoms with van der Waals surface area (Å²) in [5.41, 5.74) is 1.68. The van der Waals surface area contributed by atoms with E-state index < -0.39 is 11.3 Å². The first-order valence-corrected chi connectivity index (χ1v) is 4.51. The highest BCUT2D eigenvalue weighted by Crippen LogP contribution is 2.20. The zero-order valence-electron chi connectivity index (χ0n) is 8.92. The van der Waals surface area contributed by atoms with Gasteiger partial charge in [0.25, 0.3) is 5.91 Å². The summed E-state index contributed by atoms with van der Waals surface area (Å²) < 4.78 is 0. The molecule has 4 heteroatoms. The van der Waals surface area contributed by atoms with E-state index in [0.717, 1.165) is 12.5 Å². The lowest BCUT2D eigenvalue weighted by atomic mass is 9.86. The molecule has 1 amide bonds. The zero-order valence-corrected chi connectivity index (χ0v) is 8.92. The van der Waals surface area contributed by atoms with Crippen LogP contribution in [0.5, 0.6) is 0 Å². The highest BCUT2D eigenvalue weighted by molar-refractivity contribution is 5.87. The molecule has 14 heavy (non-hydrogen) atoms. The minimum atomic E-state index is -0.452. The summed E-state index contributed by atoms with van der Waals surface area (Å²) in [4.78, 5) is 26.8. The first-order valence-electron chi connectivity index (χ1n) is 4.51. The summed E-state index contributed by atoms with van der Waals surface area (Å²) in [6.45, 7) is 8.75. The van der Waals surface area contributed by atoms with Gasteiger partial charge in [0.2, 0.25) is 0 Å². The molecule has 0 aromatic carbocycles. The molecule has 80 valence electrons. The number of carbonyl (C=O) groups is 2. The molecule has 0 radical (unpaired) electrons. The minimum absolute atomic E-state index is 0.0376. The maximum Gasteiger partial charge on any atom is 0.266 e. The lowest BCUT2D eigenvalue weighted by Gasteiger charge is -2.20. The van der Waals surface area contributed by atoms with Gasteiger partial charge in [0, 0.05) is 5.41 Å². The average molecular weight is 199 g/mol. The second kappa shape index (κ2) is 5.54. The monoisotopic (exact) mass is 199 g/mol. The molecule has 1 N–H and O–H groups in total. The van der Waals surface area contributed by atoms with Gasteiger partial charge in [-0.3, -0.25) is 14.4 Å². The first kappa shape index (κ1) is 12.8. The quantitative estimate of drug-likeness (QED) is 0.517. The number of ketones is 1. The van der Waals surface area contributed by atoms with Gasteiger partial charge in [0.05, 0.1) is 0 Å². The molecule has 0 rings (SSSR count). The minimum Gasteiger partial charge on any atom is -0.296 e. The van der Waals surface area contributed by atoms with Gasteiger partial charge in [-0.15, -0.1) is 0 Å². The summed E-state index contributed by atoms with van der Waals surface area (Å²) in [7, 11) is 0. The van der Waals surface area contributed by atoms with Gasteiger partial charge in [-0.1, -0.05) is 27.4 Å². The third-order valence-electron chi connectivity index (χ3n) is 2.20. The molecule has 0 unspecified atom stereocenters. The second-order valence-electron chi connectivity index (χ2n) is 3.62. The maximum absolute atomic E-state index is 11.5. The molecular weight excluding hydrogens is 182 g/mol. The molecule has 0 bridgehead atoms. The van der Waals surface area contributed by atoms with Crippen molar-refractivity contribution in [2.24, 2.45) is 5.41 Å². The van der Waals surface area contributed by atoms with Gasteiger partial charge in [0.1, 0.15) is 6.61 Å². The average Bonchev–Trinajstić information content (AvgIpc) is 2.17. The molecule has 0 saturated carbocycles. The van der Waals surface area contributed by atoms with Crippen LogP contribution >= 0.6 is 0 Å². The Hall–Kier alpha value is -1.16. The highest BCUT2D eigenvalue weighted by atomic mass is 16.7. The van der Waals surface area contributed by atoms with E-state index in [9.17, 15) is 9.59 Å². The van der Waals surface area contributed by atoms with Gasteiger partial charge < -0.3 is 0 Å². The standard InChI is InChI=1S/C10H17NO3/c1-5-9(13)11-14-7-8(12)10(3,4)6-2/h5H,1,6-7H2,2-4H3,(H,11,13). The summed E-state index contributed by atoms with van der Waals surface area (Å²) in [6, 6.07) is 0. The molecule has 0 atom stereocenters. The SMILES string of the molecule is C=CC(=O)NOCC(=O)C(C)(C)CC. The van der Waals surface area contributed by atoms with Crippen molar-refractivity contribution in [2.75, 3.05) is 6.61 Å². The van der Waals surface area contributed by atoms with E-state index in [4.69, 9.17) is 4.84 Å². The molecule has 0 aromatic heterocycles. The number of nitrogens with one attached hydrogen (secondary N) is 1. The Morgan fingerprint density at radius 1 is 1.50 bits per heavy atom. The molecule has 4 nitrogen and oxygen atoms in total. The van der Waals surface area contributed by atoms with E-state index in [1.54, 1.807) is 0 Å². The van der Waals surface area contributed by atoms with Crippen LogP contribution in [0.25, 0.3) is 0 Å². The van der Waals surface area contributed by atoms with Crippen LogP contribution in [0.15, 0.2) is 12.7 Å². The van der Waals surface area contributed by atoms with Crippen LogP contribution < -0.4 is 5.48 Å². The van der Waals surface area contributed by atoms with E-state index in [2.05, 4.69) is 12.1 Å². The van der Waals surface area contributed by atoms with Crippen molar-refractivity contribution in [1.29, 1.82) is 0 Å². The number of carbonyl (C=O) groups excluding carboxylic acids is 2. The molecule has 0 aromatic rings. The van der Waals surface area contributed by atoms with Crippen molar-refractivity contribution in [3.05, 3.63) is 12.7 Å². The topological polar surface area (TPSA) is 55.4 Å². The fourth-order valence-electron chi connectivity index (χ4n) is 0.607. The van der Waals surface area contributed by atoms with Crippen LogP contribution in [0.2, 0.25) is 0 Å². The Balaban J connectivity index is 3.86. The number of amides is 1. The number of rotatable bonds is 6. The van der Waals surface area contributed by atoms with Crippen LogP contribution in [0.3, 0.4) is 0 Å². The summed E-state index contributed by atoms with van der Waals surface area (Å²) in [6.07, 6.45) is 1.82. The van der Waals surface area contributed by atoms with E-state index >= 15 is 0 Å². The number of Topliss-reactive ketones (excluding diaryl/α,β-unsaturated/α-hetero) is 1. The van der Waals surface area contributed by atoms with Crippen LogP contribution in [0, 0.1) is 5.41 Å². The maximum atomic E-state index is 11.5. The zero-order chi connectivity index (χ0) is 11.2. The molecule has 0 aliphatic heterocycles. The molecule has 0 aliphatic rings. The predicted molar refractivity (Wildman–Crippen MR) is 53.4 cm³/mol. The normalized spacial score (nSPS) is 10.8. The fourth-order valence-corrected chi connectivity index (χ4v) is 0.607. The van der Waals surface area contributed by atoms with E-state index in [0.29, 0.717) is 0 Å². The number of hydrogen-bond donors (Lipinski definition) is 1. The summed E-state index contributed by atoms with van der Waals surface area (Å²) >= 11 is 0. The third kappa shape index (κ3) is 4.18. The van der Waals surface area contributed by atoms with Gasteiger partial charge in [-0.05, 0) is 12.5 Å². The summed E-state index contributed by atoms with van der Waals surface area (Å²) in [5.74, 6) is -0.489. The Morgan fingerprint density at radius 3 is 2.50 bits per heavy atom. The van der Waals surface area contributed by atoms with Crippen molar-refractivity contribution >= 4 is 11.7 Å². The first-order chi connectivity index (χ1) is 6.44. The van der Waals surface area contributed by atoms with Crippen molar-refractivity contribution in [1.82, 2.24) is 5.48 Å². The van der Waals surface area contributed by atoms with Crippen LogP contribution in [-0.2, 0) is 14.4 Å². The molecular formula is C10H17NO3. The Morgan fingerprint density at radius 2 is 2.07 bits per heavy atom. The van der Waals surface area contributed by atoms with E-state index in [-0.39, 0.29) is 12.4 Å². The van der Waals surface area contributed by atoms with Crippen molar-refractivity contribution in [3.8, 4) is 0 Å². The summed E-state index contributed by atoms with van der Waals surface area (Å²) in [5, 5.41) is 0. The van der Waals surface area contributed by atoms with Crippen LogP contribution in [0.4, 0.5) is 0 Å². The fraction of sp³-hybridized carbons (Fsp3) is 0.600. The Bertz CT molecular complexity index is 234. The van der Waals surface area contributed by atoms with Gasteiger partial charge in [-0.2, -0.15) is 0 Å². The largest absolute Gasteiger partial charge is 0.296 e. The van der Waals surface area contributed by atoms with Gasteiger partial charge in [-0.25, -0.2) is 5.48 Å². The molecule has 0 aliphatic carbocycles. The van der Waals surface area contributed by atoms with Crippen molar-refractivity contribution in [2.45, 2.75) is 27.2 Å². The van der Waals surface area contributed by atoms with E-state index in [1.165, 1.54) is 0 Å². The van der Waals surface area contributed by atoms with E-state index in [1.807, 2.05) is 20.8 Å². The molecule has 0 heterocycles.